The standard InChI is InChI=1S/C18H21NO2/c1-19-15(12-11-14-7-3-2-4-8-14)18-13-20-16-9-5-6-10-17(16)21-18/h2-10,15,18-19H,11-13H2,1H3. The molecular formula is C18H21NO2. The molecule has 2 aromatic rings. The number of ether oxygens (including phenoxy) is 2. The van der Waals surface area contributed by atoms with E-state index in [2.05, 4.69) is 29.6 Å². The average molecular weight is 283 g/mol. The molecular weight excluding hydrogens is 262 g/mol. The first-order chi connectivity index (χ1) is 10.4. The van der Waals surface area contributed by atoms with Crippen LogP contribution in [0.15, 0.2) is 54.6 Å². The van der Waals surface area contributed by atoms with Crippen molar-refractivity contribution < 1.29 is 9.47 Å². The third-order valence-corrected chi connectivity index (χ3v) is 3.94. The van der Waals surface area contributed by atoms with E-state index in [1.807, 2.05) is 37.4 Å². The Labute approximate surface area is 125 Å². The monoisotopic (exact) mass is 283 g/mol. The van der Waals surface area contributed by atoms with Crippen molar-refractivity contribution in [3.05, 3.63) is 60.2 Å². The van der Waals surface area contributed by atoms with Gasteiger partial charge in [0.05, 0.1) is 0 Å². The first-order valence-electron chi connectivity index (χ1n) is 7.46. The highest BCUT2D eigenvalue weighted by Crippen LogP contribution is 2.32. The van der Waals surface area contributed by atoms with E-state index in [0.717, 1.165) is 24.3 Å². The van der Waals surface area contributed by atoms with Crippen LogP contribution in [0.3, 0.4) is 0 Å². The van der Waals surface area contributed by atoms with Crippen LogP contribution in [-0.2, 0) is 6.42 Å². The molecule has 3 nitrogen and oxygen atoms in total. The van der Waals surface area contributed by atoms with Crippen LogP contribution in [0.4, 0.5) is 0 Å². The first-order valence-corrected chi connectivity index (χ1v) is 7.46. The second-order valence-electron chi connectivity index (χ2n) is 5.33. The molecule has 0 aromatic heterocycles. The van der Waals surface area contributed by atoms with Crippen molar-refractivity contribution in [1.82, 2.24) is 5.32 Å². The molecule has 0 amide bonds. The number of nitrogens with one attached hydrogen (secondary N) is 1. The van der Waals surface area contributed by atoms with Crippen LogP contribution in [0.2, 0.25) is 0 Å². The van der Waals surface area contributed by atoms with Crippen LogP contribution >= 0.6 is 0 Å². The zero-order valence-electron chi connectivity index (χ0n) is 12.3. The second kappa shape index (κ2) is 6.64. The minimum absolute atomic E-state index is 0.0496. The molecule has 110 valence electrons. The smallest absolute Gasteiger partial charge is 0.161 e. The largest absolute Gasteiger partial charge is 0.486 e. The van der Waals surface area contributed by atoms with Gasteiger partial charge in [-0.2, -0.15) is 0 Å². The van der Waals surface area contributed by atoms with Crippen LogP contribution in [0.5, 0.6) is 11.5 Å². The molecule has 2 aromatic carbocycles. The van der Waals surface area contributed by atoms with Crippen molar-refractivity contribution in [2.75, 3.05) is 13.7 Å². The Kier molecular flexibility index (Phi) is 4.41. The van der Waals surface area contributed by atoms with Gasteiger partial charge in [-0.15, -0.1) is 0 Å². The lowest BCUT2D eigenvalue weighted by atomic mass is 10.0. The molecule has 2 atom stereocenters. The van der Waals surface area contributed by atoms with E-state index in [9.17, 15) is 0 Å². The van der Waals surface area contributed by atoms with Gasteiger partial charge in [-0.1, -0.05) is 42.5 Å². The molecule has 0 spiro atoms. The molecule has 3 rings (SSSR count). The molecule has 21 heavy (non-hydrogen) atoms. The summed E-state index contributed by atoms with van der Waals surface area (Å²) >= 11 is 0. The van der Waals surface area contributed by atoms with Gasteiger partial charge in [-0.3, -0.25) is 0 Å². The molecule has 0 aliphatic carbocycles. The maximum absolute atomic E-state index is 6.09. The van der Waals surface area contributed by atoms with Crippen molar-refractivity contribution >= 4 is 0 Å². The molecule has 1 aliphatic rings. The SMILES string of the molecule is CNC(CCc1ccccc1)C1COc2ccccc2O1. The summed E-state index contributed by atoms with van der Waals surface area (Å²) in [7, 11) is 1.99. The van der Waals surface area contributed by atoms with Gasteiger partial charge in [-0.25, -0.2) is 0 Å². The maximum Gasteiger partial charge on any atom is 0.161 e. The number of benzene rings is 2. The lowest BCUT2D eigenvalue weighted by Crippen LogP contribution is -2.46. The molecule has 0 fully saturated rings. The summed E-state index contributed by atoms with van der Waals surface area (Å²) in [5, 5.41) is 3.37. The van der Waals surface area contributed by atoms with Gasteiger partial charge < -0.3 is 14.8 Å². The number of likely N-dealkylation sites (N-methyl/N-ethyl adjacent to an activating group) is 1. The minimum atomic E-state index is 0.0496. The van der Waals surface area contributed by atoms with E-state index < -0.39 is 0 Å². The van der Waals surface area contributed by atoms with E-state index >= 15 is 0 Å². The number of aryl methyl sites for hydroxylation is 1. The topological polar surface area (TPSA) is 30.5 Å². The number of rotatable bonds is 5. The van der Waals surface area contributed by atoms with E-state index in [1.54, 1.807) is 0 Å². The Bertz CT molecular complexity index is 570. The highest BCUT2D eigenvalue weighted by molar-refractivity contribution is 5.40. The first kappa shape index (κ1) is 14.0. The predicted molar refractivity (Wildman–Crippen MR) is 84.0 cm³/mol. The predicted octanol–water partition coefficient (Wildman–Crippen LogP) is 3.05. The van der Waals surface area contributed by atoms with Crippen molar-refractivity contribution in [3.8, 4) is 11.5 Å². The van der Waals surface area contributed by atoms with Crippen LogP contribution in [0.25, 0.3) is 0 Å². The Morgan fingerprint density at radius 3 is 2.52 bits per heavy atom. The van der Waals surface area contributed by atoms with E-state index in [-0.39, 0.29) is 12.1 Å². The van der Waals surface area contributed by atoms with Crippen molar-refractivity contribution in [2.45, 2.75) is 25.0 Å². The maximum atomic E-state index is 6.09. The van der Waals surface area contributed by atoms with Crippen molar-refractivity contribution in [1.29, 1.82) is 0 Å². The third-order valence-electron chi connectivity index (χ3n) is 3.94. The van der Waals surface area contributed by atoms with Gasteiger partial charge >= 0.3 is 0 Å². The Hall–Kier alpha value is -2.00. The fraction of sp³-hybridized carbons (Fsp3) is 0.333. The Morgan fingerprint density at radius 2 is 1.76 bits per heavy atom. The van der Waals surface area contributed by atoms with Crippen molar-refractivity contribution in [2.24, 2.45) is 0 Å². The normalized spacial score (nSPS) is 18.2. The lowest BCUT2D eigenvalue weighted by molar-refractivity contribution is 0.0617. The van der Waals surface area contributed by atoms with Gasteiger partial charge in [0.1, 0.15) is 12.7 Å². The van der Waals surface area contributed by atoms with Crippen LogP contribution in [-0.4, -0.2) is 25.8 Å². The fourth-order valence-electron chi connectivity index (χ4n) is 2.72. The van der Waals surface area contributed by atoms with E-state index in [4.69, 9.17) is 9.47 Å². The summed E-state index contributed by atoms with van der Waals surface area (Å²) in [6.45, 7) is 0.595. The zero-order valence-corrected chi connectivity index (χ0v) is 12.3. The van der Waals surface area contributed by atoms with E-state index in [1.165, 1.54) is 5.56 Å². The molecule has 0 radical (unpaired) electrons. The highest BCUT2D eigenvalue weighted by Gasteiger charge is 2.27. The summed E-state index contributed by atoms with van der Waals surface area (Å²) in [6, 6.07) is 18.7. The van der Waals surface area contributed by atoms with Crippen LogP contribution in [0, 0.1) is 0 Å². The highest BCUT2D eigenvalue weighted by atomic mass is 16.6. The summed E-state index contributed by atoms with van der Waals surface area (Å²) in [6.07, 6.45) is 2.11. The molecule has 1 heterocycles. The number of hydrogen-bond donors (Lipinski definition) is 1. The number of para-hydroxylation sites is 2. The second-order valence-corrected chi connectivity index (χ2v) is 5.33. The number of hydrogen-bond acceptors (Lipinski definition) is 3. The Morgan fingerprint density at radius 1 is 1.05 bits per heavy atom. The van der Waals surface area contributed by atoms with Gasteiger partial charge in [0.25, 0.3) is 0 Å². The van der Waals surface area contributed by atoms with Gasteiger partial charge in [0.15, 0.2) is 11.5 Å². The van der Waals surface area contributed by atoms with Crippen LogP contribution in [0.1, 0.15) is 12.0 Å². The summed E-state index contributed by atoms with van der Waals surface area (Å²) < 4.78 is 11.9. The van der Waals surface area contributed by atoms with Gasteiger partial charge in [-0.05, 0) is 37.6 Å². The average Bonchev–Trinajstić information content (AvgIpc) is 2.56. The van der Waals surface area contributed by atoms with Crippen molar-refractivity contribution in [3.63, 3.8) is 0 Å². The summed E-state index contributed by atoms with van der Waals surface area (Å²) in [5.41, 5.74) is 1.36. The fourth-order valence-corrected chi connectivity index (χ4v) is 2.72. The molecule has 1 aliphatic heterocycles. The quantitative estimate of drug-likeness (QED) is 0.915. The summed E-state index contributed by atoms with van der Waals surface area (Å²) in [4.78, 5) is 0. The zero-order chi connectivity index (χ0) is 14.5. The lowest BCUT2D eigenvalue weighted by Gasteiger charge is -2.32. The Balaban J connectivity index is 1.62. The third kappa shape index (κ3) is 3.37. The molecule has 0 saturated carbocycles. The molecule has 0 saturated heterocycles. The molecule has 2 unspecified atom stereocenters. The molecule has 1 N–H and O–H groups in total. The summed E-state index contributed by atoms with van der Waals surface area (Å²) in [5.74, 6) is 1.68. The van der Waals surface area contributed by atoms with Gasteiger partial charge in [0.2, 0.25) is 0 Å². The van der Waals surface area contributed by atoms with Crippen LogP contribution < -0.4 is 14.8 Å². The van der Waals surface area contributed by atoms with E-state index in [0.29, 0.717) is 6.61 Å². The molecule has 3 heteroatoms. The molecule has 0 bridgehead atoms. The minimum Gasteiger partial charge on any atom is -0.486 e. The number of fused-ring (bicyclic) bond motifs is 1. The van der Waals surface area contributed by atoms with Gasteiger partial charge in [0, 0.05) is 6.04 Å².